The summed E-state index contributed by atoms with van der Waals surface area (Å²) in [6.07, 6.45) is 1.85. The van der Waals surface area contributed by atoms with E-state index in [1.807, 2.05) is 0 Å². The summed E-state index contributed by atoms with van der Waals surface area (Å²) < 4.78 is 0. The van der Waals surface area contributed by atoms with Crippen LogP contribution < -0.4 is 10.6 Å². The van der Waals surface area contributed by atoms with Crippen molar-refractivity contribution < 1.29 is 9.59 Å². The molecule has 0 aliphatic carbocycles. The lowest BCUT2D eigenvalue weighted by molar-refractivity contribution is 0.0935. The molecule has 2 aromatic carbocycles. The Bertz CT molecular complexity index is 793. The molecule has 172 valence electrons. The highest BCUT2D eigenvalue weighted by Crippen LogP contribution is 2.10. The minimum Gasteiger partial charge on any atom is -0.352 e. The van der Waals surface area contributed by atoms with Gasteiger partial charge in [0.05, 0.1) is 0 Å². The van der Waals surface area contributed by atoms with E-state index in [4.69, 9.17) is 23.2 Å². The fourth-order valence-corrected chi connectivity index (χ4v) is 3.90. The van der Waals surface area contributed by atoms with Crippen LogP contribution in [0.3, 0.4) is 0 Å². The van der Waals surface area contributed by atoms with Gasteiger partial charge in [0, 0.05) is 60.4 Å². The summed E-state index contributed by atoms with van der Waals surface area (Å²) in [6, 6.07) is 13.8. The third kappa shape index (κ3) is 8.10. The predicted octanol–water partition coefficient (Wildman–Crippen LogP) is 3.55. The largest absolute Gasteiger partial charge is 0.352 e. The summed E-state index contributed by atoms with van der Waals surface area (Å²) in [5, 5.41) is 7.19. The van der Waals surface area contributed by atoms with E-state index in [0.29, 0.717) is 34.3 Å². The van der Waals surface area contributed by atoms with Gasteiger partial charge in [-0.05, 0) is 74.5 Å². The Kier molecular flexibility index (Phi) is 9.81. The van der Waals surface area contributed by atoms with Crippen LogP contribution in [0.25, 0.3) is 0 Å². The van der Waals surface area contributed by atoms with E-state index in [9.17, 15) is 9.59 Å². The molecule has 0 spiro atoms. The monoisotopic (exact) mass is 476 g/mol. The van der Waals surface area contributed by atoms with Crippen LogP contribution in [0.4, 0.5) is 0 Å². The van der Waals surface area contributed by atoms with Gasteiger partial charge < -0.3 is 20.4 Å². The molecule has 2 aromatic rings. The first-order chi connectivity index (χ1) is 15.5. The van der Waals surface area contributed by atoms with Crippen molar-refractivity contribution in [1.29, 1.82) is 0 Å². The van der Waals surface area contributed by atoms with E-state index in [2.05, 4.69) is 20.4 Å². The van der Waals surface area contributed by atoms with E-state index in [1.54, 1.807) is 48.5 Å². The quantitative estimate of drug-likeness (QED) is 0.514. The number of hydrogen-bond donors (Lipinski definition) is 2. The van der Waals surface area contributed by atoms with Crippen molar-refractivity contribution in [3.63, 3.8) is 0 Å². The SMILES string of the molecule is O=C(NCCCN1CCN(CCCNC(=O)c2ccc(Cl)cc2)CC1)c1ccc(Cl)cc1. The van der Waals surface area contributed by atoms with Gasteiger partial charge in [0.1, 0.15) is 0 Å². The second-order valence-corrected chi connectivity index (χ2v) is 8.79. The Balaban J connectivity index is 1.22. The Morgan fingerprint density at radius 1 is 0.656 bits per heavy atom. The molecule has 1 fully saturated rings. The fourth-order valence-electron chi connectivity index (χ4n) is 3.65. The number of benzene rings is 2. The smallest absolute Gasteiger partial charge is 0.251 e. The van der Waals surface area contributed by atoms with Crippen LogP contribution in [0, 0.1) is 0 Å². The standard InChI is InChI=1S/C24H30Cl2N4O2/c25-21-7-3-19(4-8-21)23(31)27-11-1-13-29-15-17-30(18-16-29)14-2-12-28-24(32)20-5-9-22(26)10-6-20/h3-10H,1-2,11-18H2,(H,27,31)(H,28,32). The average molecular weight is 477 g/mol. The Labute approximate surface area is 199 Å². The van der Waals surface area contributed by atoms with E-state index in [0.717, 1.165) is 52.1 Å². The summed E-state index contributed by atoms with van der Waals surface area (Å²) in [5.41, 5.74) is 1.26. The summed E-state index contributed by atoms with van der Waals surface area (Å²) in [4.78, 5) is 29.1. The van der Waals surface area contributed by atoms with Crippen LogP contribution >= 0.6 is 23.2 Å². The van der Waals surface area contributed by atoms with Crippen molar-refractivity contribution in [1.82, 2.24) is 20.4 Å². The molecule has 0 radical (unpaired) electrons. The maximum Gasteiger partial charge on any atom is 0.251 e. The molecule has 0 unspecified atom stereocenters. The van der Waals surface area contributed by atoms with Crippen LogP contribution in [0.2, 0.25) is 10.0 Å². The maximum absolute atomic E-state index is 12.1. The lowest BCUT2D eigenvalue weighted by Gasteiger charge is -2.34. The zero-order chi connectivity index (χ0) is 22.8. The van der Waals surface area contributed by atoms with Gasteiger partial charge in [0.2, 0.25) is 0 Å². The fraction of sp³-hybridized carbons (Fsp3) is 0.417. The highest BCUT2D eigenvalue weighted by atomic mass is 35.5. The highest BCUT2D eigenvalue weighted by Gasteiger charge is 2.16. The normalized spacial score (nSPS) is 14.8. The summed E-state index contributed by atoms with van der Waals surface area (Å²) in [6.45, 7) is 7.40. The van der Waals surface area contributed by atoms with Gasteiger partial charge in [-0.1, -0.05) is 23.2 Å². The first-order valence-corrected chi connectivity index (χ1v) is 11.8. The van der Waals surface area contributed by atoms with Crippen LogP contribution in [-0.4, -0.2) is 74.0 Å². The van der Waals surface area contributed by atoms with E-state index < -0.39 is 0 Å². The topological polar surface area (TPSA) is 64.7 Å². The third-order valence-corrected chi connectivity index (χ3v) is 6.06. The molecule has 32 heavy (non-hydrogen) atoms. The number of nitrogens with one attached hydrogen (secondary N) is 2. The van der Waals surface area contributed by atoms with Crippen molar-refractivity contribution in [2.75, 3.05) is 52.4 Å². The molecular weight excluding hydrogens is 447 g/mol. The molecule has 2 N–H and O–H groups in total. The molecule has 6 nitrogen and oxygen atoms in total. The zero-order valence-corrected chi connectivity index (χ0v) is 19.7. The Hall–Kier alpha value is -2.12. The summed E-state index contributed by atoms with van der Waals surface area (Å²) in [7, 11) is 0. The minimum absolute atomic E-state index is 0.0605. The second-order valence-electron chi connectivity index (χ2n) is 7.92. The zero-order valence-electron chi connectivity index (χ0n) is 18.2. The van der Waals surface area contributed by atoms with Crippen molar-refractivity contribution in [3.8, 4) is 0 Å². The van der Waals surface area contributed by atoms with Crippen molar-refractivity contribution in [2.24, 2.45) is 0 Å². The number of hydrogen-bond acceptors (Lipinski definition) is 4. The number of amides is 2. The molecule has 0 bridgehead atoms. The van der Waals surface area contributed by atoms with E-state index >= 15 is 0 Å². The summed E-state index contributed by atoms with van der Waals surface area (Å²) >= 11 is 11.7. The van der Waals surface area contributed by atoms with Crippen LogP contribution in [-0.2, 0) is 0 Å². The molecule has 0 aromatic heterocycles. The number of nitrogens with zero attached hydrogens (tertiary/aromatic N) is 2. The number of halogens is 2. The van der Waals surface area contributed by atoms with E-state index in [1.165, 1.54) is 0 Å². The van der Waals surface area contributed by atoms with Gasteiger partial charge in [0.25, 0.3) is 11.8 Å². The molecular formula is C24H30Cl2N4O2. The maximum atomic E-state index is 12.1. The average Bonchev–Trinajstić information content (AvgIpc) is 2.81. The molecule has 2 amide bonds. The van der Waals surface area contributed by atoms with E-state index in [-0.39, 0.29) is 11.8 Å². The summed E-state index contributed by atoms with van der Waals surface area (Å²) in [5.74, 6) is -0.121. The van der Waals surface area contributed by atoms with Crippen molar-refractivity contribution in [2.45, 2.75) is 12.8 Å². The van der Waals surface area contributed by atoms with Crippen molar-refractivity contribution >= 4 is 35.0 Å². The third-order valence-electron chi connectivity index (χ3n) is 5.55. The lowest BCUT2D eigenvalue weighted by atomic mass is 10.2. The molecule has 0 saturated carbocycles. The van der Waals surface area contributed by atoms with Gasteiger partial charge >= 0.3 is 0 Å². The molecule has 1 aliphatic heterocycles. The number of carbonyl (C=O) groups is 2. The van der Waals surface area contributed by atoms with Gasteiger partial charge in [-0.2, -0.15) is 0 Å². The lowest BCUT2D eigenvalue weighted by Crippen LogP contribution is -2.47. The van der Waals surface area contributed by atoms with Gasteiger partial charge in [0.15, 0.2) is 0 Å². The van der Waals surface area contributed by atoms with Crippen LogP contribution in [0.1, 0.15) is 33.6 Å². The molecule has 8 heteroatoms. The molecule has 3 rings (SSSR count). The van der Waals surface area contributed by atoms with Crippen LogP contribution in [0.5, 0.6) is 0 Å². The predicted molar refractivity (Wildman–Crippen MR) is 130 cm³/mol. The van der Waals surface area contributed by atoms with Crippen LogP contribution in [0.15, 0.2) is 48.5 Å². The Morgan fingerprint density at radius 3 is 1.34 bits per heavy atom. The first-order valence-electron chi connectivity index (χ1n) is 11.0. The number of rotatable bonds is 10. The minimum atomic E-state index is -0.0605. The molecule has 1 saturated heterocycles. The molecule has 1 aliphatic rings. The van der Waals surface area contributed by atoms with Gasteiger partial charge in [-0.25, -0.2) is 0 Å². The Morgan fingerprint density at radius 2 is 1.00 bits per heavy atom. The number of piperazine rings is 1. The van der Waals surface area contributed by atoms with Gasteiger partial charge in [-0.3, -0.25) is 9.59 Å². The number of carbonyl (C=O) groups excluding carboxylic acids is 2. The highest BCUT2D eigenvalue weighted by molar-refractivity contribution is 6.31. The first kappa shape index (κ1) is 24.5. The molecule has 0 atom stereocenters. The second kappa shape index (κ2) is 12.8. The molecule has 1 heterocycles. The van der Waals surface area contributed by atoms with Crippen molar-refractivity contribution in [3.05, 3.63) is 69.7 Å². The van der Waals surface area contributed by atoms with Gasteiger partial charge in [-0.15, -0.1) is 0 Å².